The van der Waals surface area contributed by atoms with Crippen molar-refractivity contribution in [1.29, 1.82) is 0 Å². The van der Waals surface area contributed by atoms with Crippen LogP contribution in [0.5, 0.6) is 0 Å². The standard InChI is InChI=1S/C22H23N3O2/c1-24-13-11-16(12-14-24)25-20-17-9-5-6-10-18(17)27-21(20)19(23-22(25)26)15-7-3-2-4-8-15/h2-10,16,19H,11-14H2,1H3,(H,23,26). The number of carbonyl (C=O) groups excluding carboxylic acids is 1. The number of piperidine rings is 1. The molecule has 138 valence electrons. The molecule has 5 nitrogen and oxygen atoms in total. The van der Waals surface area contributed by atoms with Gasteiger partial charge in [-0.05, 0) is 50.7 Å². The summed E-state index contributed by atoms with van der Waals surface area (Å²) in [6.45, 7) is 2.00. The Labute approximate surface area is 158 Å². The van der Waals surface area contributed by atoms with E-state index in [1.165, 1.54) is 0 Å². The number of nitrogens with one attached hydrogen (secondary N) is 1. The fourth-order valence-electron chi connectivity index (χ4n) is 4.34. The molecule has 2 aliphatic heterocycles. The lowest BCUT2D eigenvalue weighted by Gasteiger charge is -2.40. The Kier molecular flexibility index (Phi) is 3.90. The van der Waals surface area contributed by atoms with Crippen LogP contribution in [0.2, 0.25) is 0 Å². The Morgan fingerprint density at radius 3 is 2.48 bits per heavy atom. The molecule has 5 heteroatoms. The number of nitrogens with zero attached hydrogens (tertiary/aromatic N) is 2. The number of furan rings is 1. The second-order valence-corrected chi connectivity index (χ2v) is 7.51. The molecule has 2 amide bonds. The second kappa shape index (κ2) is 6.43. The van der Waals surface area contributed by atoms with Gasteiger partial charge in [0.2, 0.25) is 0 Å². The van der Waals surface area contributed by atoms with Crippen LogP contribution in [0.3, 0.4) is 0 Å². The van der Waals surface area contributed by atoms with Gasteiger partial charge in [0, 0.05) is 11.4 Å². The second-order valence-electron chi connectivity index (χ2n) is 7.51. The van der Waals surface area contributed by atoms with Gasteiger partial charge in [0.25, 0.3) is 0 Å². The Morgan fingerprint density at radius 2 is 1.70 bits per heavy atom. The highest BCUT2D eigenvalue weighted by Gasteiger charge is 2.40. The molecule has 0 saturated carbocycles. The molecule has 27 heavy (non-hydrogen) atoms. The number of urea groups is 1. The normalized spacial score (nSPS) is 21.3. The van der Waals surface area contributed by atoms with E-state index in [9.17, 15) is 4.79 Å². The van der Waals surface area contributed by atoms with Gasteiger partial charge in [0.05, 0.1) is 5.69 Å². The average molecular weight is 361 g/mol. The number of anilines is 1. The summed E-state index contributed by atoms with van der Waals surface area (Å²) < 4.78 is 6.28. The van der Waals surface area contributed by atoms with Crippen molar-refractivity contribution in [2.75, 3.05) is 25.0 Å². The van der Waals surface area contributed by atoms with Crippen LogP contribution in [0, 0.1) is 0 Å². The molecule has 2 aliphatic rings. The first-order valence-electron chi connectivity index (χ1n) is 9.57. The van der Waals surface area contributed by atoms with E-state index in [-0.39, 0.29) is 18.1 Å². The van der Waals surface area contributed by atoms with Gasteiger partial charge >= 0.3 is 6.03 Å². The molecule has 1 unspecified atom stereocenters. The molecule has 3 heterocycles. The van der Waals surface area contributed by atoms with Crippen molar-refractivity contribution in [2.45, 2.75) is 24.9 Å². The maximum Gasteiger partial charge on any atom is 0.323 e. The van der Waals surface area contributed by atoms with Gasteiger partial charge in [0.15, 0.2) is 5.76 Å². The van der Waals surface area contributed by atoms with E-state index < -0.39 is 0 Å². The minimum absolute atomic E-state index is 0.0301. The molecule has 5 rings (SSSR count). The summed E-state index contributed by atoms with van der Waals surface area (Å²) >= 11 is 0. The highest BCUT2D eigenvalue weighted by molar-refractivity contribution is 6.06. The number of benzene rings is 2. The topological polar surface area (TPSA) is 48.7 Å². The largest absolute Gasteiger partial charge is 0.456 e. The van der Waals surface area contributed by atoms with Crippen LogP contribution in [0.15, 0.2) is 59.0 Å². The number of hydrogen-bond donors (Lipinski definition) is 1. The Balaban J connectivity index is 1.66. The number of carbonyl (C=O) groups is 1. The predicted molar refractivity (Wildman–Crippen MR) is 106 cm³/mol. The highest BCUT2D eigenvalue weighted by atomic mass is 16.3. The van der Waals surface area contributed by atoms with Crippen molar-refractivity contribution in [3.05, 3.63) is 65.9 Å². The Hall–Kier alpha value is -2.79. The first-order valence-corrected chi connectivity index (χ1v) is 9.57. The monoisotopic (exact) mass is 361 g/mol. The molecule has 0 aliphatic carbocycles. The number of amides is 2. The van der Waals surface area contributed by atoms with Crippen LogP contribution < -0.4 is 10.2 Å². The molecule has 2 aromatic carbocycles. The lowest BCUT2D eigenvalue weighted by molar-refractivity contribution is 0.221. The van der Waals surface area contributed by atoms with Gasteiger partial charge in [-0.3, -0.25) is 4.90 Å². The summed E-state index contributed by atoms with van der Waals surface area (Å²) in [5.41, 5.74) is 2.81. The van der Waals surface area contributed by atoms with Crippen molar-refractivity contribution in [3.8, 4) is 0 Å². The van der Waals surface area contributed by atoms with Gasteiger partial charge in [-0.1, -0.05) is 42.5 Å². The summed E-state index contributed by atoms with van der Waals surface area (Å²) in [6, 6.07) is 18.0. The molecule has 1 atom stereocenters. The lowest BCUT2D eigenvalue weighted by Crippen LogP contribution is -2.54. The fourth-order valence-corrected chi connectivity index (χ4v) is 4.34. The van der Waals surface area contributed by atoms with E-state index in [2.05, 4.69) is 23.3 Å². The van der Waals surface area contributed by atoms with Crippen molar-refractivity contribution < 1.29 is 9.21 Å². The maximum atomic E-state index is 13.2. The fraction of sp³-hybridized carbons (Fsp3) is 0.318. The zero-order valence-corrected chi connectivity index (χ0v) is 15.4. The van der Waals surface area contributed by atoms with Gasteiger partial charge in [-0.25, -0.2) is 4.79 Å². The van der Waals surface area contributed by atoms with Gasteiger partial charge < -0.3 is 14.6 Å². The molecule has 0 radical (unpaired) electrons. The Morgan fingerprint density at radius 1 is 1.00 bits per heavy atom. The molecule has 0 bridgehead atoms. The summed E-state index contributed by atoms with van der Waals surface area (Å²) in [6.07, 6.45) is 1.94. The molecule has 1 saturated heterocycles. The quantitative estimate of drug-likeness (QED) is 0.746. The first kappa shape index (κ1) is 16.4. The third-order valence-corrected chi connectivity index (χ3v) is 5.77. The molecule has 3 aromatic rings. The third kappa shape index (κ3) is 2.70. The van der Waals surface area contributed by atoms with Crippen LogP contribution in [0.1, 0.15) is 30.2 Å². The molecule has 1 N–H and O–H groups in total. The number of rotatable bonds is 2. The molecule has 1 aromatic heterocycles. The van der Waals surface area contributed by atoms with Crippen LogP contribution in [-0.4, -0.2) is 37.1 Å². The average Bonchev–Trinajstić information content (AvgIpc) is 3.08. The smallest absolute Gasteiger partial charge is 0.323 e. The minimum atomic E-state index is -0.261. The molecule has 1 fully saturated rings. The lowest BCUT2D eigenvalue weighted by atomic mass is 9.97. The van der Waals surface area contributed by atoms with E-state index in [4.69, 9.17) is 4.42 Å². The highest BCUT2D eigenvalue weighted by Crippen LogP contribution is 2.44. The van der Waals surface area contributed by atoms with Crippen LogP contribution in [-0.2, 0) is 0 Å². The van der Waals surface area contributed by atoms with E-state index in [1.807, 2.05) is 53.4 Å². The zero-order chi connectivity index (χ0) is 18.4. The minimum Gasteiger partial charge on any atom is -0.456 e. The van der Waals surface area contributed by atoms with Crippen molar-refractivity contribution in [3.63, 3.8) is 0 Å². The summed E-state index contributed by atoms with van der Waals surface area (Å²) in [5.74, 6) is 0.834. The molecule has 0 spiro atoms. The van der Waals surface area contributed by atoms with E-state index in [0.717, 1.165) is 53.9 Å². The van der Waals surface area contributed by atoms with Crippen molar-refractivity contribution >= 4 is 22.7 Å². The first-order chi connectivity index (χ1) is 13.2. The van der Waals surface area contributed by atoms with Crippen LogP contribution >= 0.6 is 0 Å². The van der Waals surface area contributed by atoms with Crippen molar-refractivity contribution in [2.24, 2.45) is 0 Å². The number of fused-ring (bicyclic) bond motifs is 3. The van der Waals surface area contributed by atoms with Gasteiger partial charge in [0.1, 0.15) is 11.6 Å². The van der Waals surface area contributed by atoms with Crippen LogP contribution in [0.4, 0.5) is 10.5 Å². The number of likely N-dealkylation sites (tertiary alicyclic amines) is 1. The third-order valence-electron chi connectivity index (χ3n) is 5.77. The number of para-hydroxylation sites is 1. The van der Waals surface area contributed by atoms with Gasteiger partial charge in [-0.2, -0.15) is 0 Å². The predicted octanol–water partition coefficient (Wildman–Crippen LogP) is 4.15. The SMILES string of the molecule is CN1CCC(N2C(=O)NC(c3ccccc3)c3oc4ccccc4c32)CC1. The van der Waals surface area contributed by atoms with Crippen molar-refractivity contribution in [1.82, 2.24) is 10.2 Å². The zero-order valence-electron chi connectivity index (χ0n) is 15.4. The number of hydrogen-bond acceptors (Lipinski definition) is 3. The molecular formula is C22H23N3O2. The van der Waals surface area contributed by atoms with Crippen LogP contribution in [0.25, 0.3) is 11.0 Å². The van der Waals surface area contributed by atoms with E-state index >= 15 is 0 Å². The van der Waals surface area contributed by atoms with E-state index in [0.29, 0.717) is 0 Å². The molecular weight excluding hydrogens is 338 g/mol. The Bertz CT molecular complexity index is 974. The maximum absolute atomic E-state index is 13.2. The summed E-state index contributed by atoms with van der Waals surface area (Å²) in [7, 11) is 2.14. The van der Waals surface area contributed by atoms with Gasteiger partial charge in [-0.15, -0.1) is 0 Å². The van der Waals surface area contributed by atoms with E-state index in [1.54, 1.807) is 0 Å². The summed E-state index contributed by atoms with van der Waals surface area (Å²) in [4.78, 5) is 17.5. The summed E-state index contributed by atoms with van der Waals surface area (Å²) in [5, 5.41) is 4.20.